The van der Waals surface area contributed by atoms with E-state index in [4.69, 9.17) is 21.1 Å². The van der Waals surface area contributed by atoms with Gasteiger partial charge in [-0.1, -0.05) is 0 Å². The summed E-state index contributed by atoms with van der Waals surface area (Å²) in [6.45, 7) is 0. The Morgan fingerprint density at radius 3 is 2.44 bits per heavy atom. The smallest absolute Gasteiger partial charge is 0.222 e. The van der Waals surface area contributed by atoms with Crippen LogP contribution in [0.5, 0.6) is 11.5 Å². The second-order valence-electron chi connectivity index (χ2n) is 3.44. The average molecular weight is 293 g/mol. The number of halogens is 1. The fourth-order valence-corrected chi connectivity index (χ4v) is 2.96. The van der Waals surface area contributed by atoms with Crippen LogP contribution in [0.3, 0.4) is 0 Å². The maximum Gasteiger partial charge on any atom is 0.222 e. The van der Waals surface area contributed by atoms with Crippen LogP contribution in [0.15, 0.2) is 23.1 Å². The summed E-state index contributed by atoms with van der Waals surface area (Å²) >= 11 is 5.14. The maximum absolute atomic E-state index is 12.0. The summed E-state index contributed by atoms with van der Waals surface area (Å²) in [5.41, 5.74) is 0. The van der Waals surface area contributed by atoms with Crippen LogP contribution in [0.2, 0.25) is 0 Å². The van der Waals surface area contributed by atoms with Crippen molar-refractivity contribution >= 4 is 26.7 Å². The van der Waals surface area contributed by atoms with E-state index in [0.29, 0.717) is 5.75 Å². The summed E-state index contributed by atoms with van der Waals surface area (Å²) < 4.78 is 33.9. The molecule has 5 nitrogen and oxygen atoms in total. The minimum absolute atomic E-state index is 0.0173. The van der Waals surface area contributed by atoms with Crippen molar-refractivity contribution in [2.75, 3.05) is 20.0 Å². The molecule has 0 aliphatic heterocycles. The van der Waals surface area contributed by atoms with Gasteiger partial charge in [-0.2, -0.15) is 0 Å². The molecule has 0 saturated heterocycles. The molecule has 0 atom stereocenters. The lowest BCUT2D eigenvalue weighted by molar-refractivity contribution is -0.111. The highest BCUT2D eigenvalue weighted by atomic mass is 35.5. The van der Waals surface area contributed by atoms with Gasteiger partial charge in [0.2, 0.25) is 5.24 Å². The number of sulfone groups is 1. The quantitative estimate of drug-likeness (QED) is 0.745. The summed E-state index contributed by atoms with van der Waals surface area (Å²) in [7, 11) is -0.780. The number of carbonyl (C=O) groups excluding carboxylic acids is 1. The molecule has 0 saturated carbocycles. The highest BCUT2D eigenvalue weighted by Gasteiger charge is 2.21. The van der Waals surface area contributed by atoms with Crippen LogP contribution < -0.4 is 9.47 Å². The number of hydrogen-bond donors (Lipinski definition) is 0. The van der Waals surface area contributed by atoms with E-state index in [9.17, 15) is 13.2 Å². The first-order chi connectivity index (χ1) is 8.40. The van der Waals surface area contributed by atoms with Crippen molar-refractivity contribution in [2.45, 2.75) is 11.3 Å². The van der Waals surface area contributed by atoms with Crippen molar-refractivity contribution in [1.82, 2.24) is 0 Å². The van der Waals surface area contributed by atoms with Crippen LogP contribution in [0.4, 0.5) is 0 Å². The number of ether oxygens (including phenoxy) is 2. The number of rotatable bonds is 6. The SMILES string of the molecule is COc1ccc(S(=O)(=O)CCC(=O)Cl)c(OC)c1. The first-order valence-electron chi connectivity index (χ1n) is 5.04. The van der Waals surface area contributed by atoms with Crippen LogP contribution in [0.1, 0.15) is 6.42 Å². The molecule has 0 amide bonds. The van der Waals surface area contributed by atoms with Crippen LogP contribution in [-0.4, -0.2) is 33.6 Å². The fraction of sp³-hybridized carbons (Fsp3) is 0.364. The summed E-state index contributed by atoms with van der Waals surface area (Å²) in [6.07, 6.45) is -0.237. The molecule has 1 aromatic rings. The predicted molar refractivity (Wildman–Crippen MR) is 67.1 cm³/mol. The van der Waals surface area contributed by atoms with Gasteiger partial charge in [-0.05, 0) is 23.7 Å². The molecule has 1 aromatic carbocycles. The number of hydrogen-bond acceptors (Lipinski definition) is 5. The molecule has 0 radical (unpaired) electrons. The fourth-order valence-electron chi connectivity index (χ4n) is 1.36. The molecule has 100 valence electrons. The van der Waals surface area contributed by atoms with Gasteiger partial charge in [0.05, 0.1) is 20.0 Å². The molecule has 18 heavy (non-hydrogen) atoms. The van der Waals surface area contributed by atoms with E-state index in [1.165, 1.54) is 32.4 Å². The predicted octanol–water partition coefficient (Wildman–Crippen LogP) is 1.63. The summed E-state index contributed by atoms with van der Waals surface area (Å²) in [4.78, 5) is 10.6. The van der Waals surface area contributed by atoms with E-state index >= 15 is 0 Å². The Kier molecular flexibility index (Phi) is 4.98. The van der Waals surface area contributed by atoms with Gasteiger partial charge in [-0.15, -0.1) is 0 Å². The lowest BCUT2D eigenvalue weighted by atomic mass is 10.3. The van der Waals surface area contributed by atoms with Gasteiger partial charge >= 0.3 is 0 Å². The Bertz CT molecular complexity index is 538. The lowest BCUT2D eigenvalue weighted by Gasteiger charge is -2.10. The van der Waals surface area contributed by atoms with Gasteiger partial charge < -0.3 is 9.47 Å². The van der Waals surface area contributed by atoms with Gasteiger partial charge in [-0.25, -0.2) is 8.42 Å². The topological polar surface area (TPSA) is 69.7 Å². The van der Waals surface area contributed by atoms with E-state index in [-0.39, 0.29) is 22.8 Å². The summed E-state index contributed by atoms with van der Waals surface area (Å²) in [6, 6.07) is 4.36. The van der Waals surface area contributed by atoms with Crippen molar-refractivity contribution < 1.29 is 22.7 Å². The maximum atomic E-state index is 12.0. The third kappa shape index (κ3) is 3.61. The molecule has 0 unspecified atom stereocenters. The highest BCUT2D eigenvalue weighted by Crippen LogP contribution is 2.29. The zero-order valence-electron chi connectivity index (χ0n) is 9.97. The van der Waals surface area contributed by atoms with E-state index in [0.717, 1.165) is 0 Å². The van der Waals surface area contributed by atoms with Crippen molar-refractivity contribution in [3.05, 3.63) is 18.2 Å². The first-order valence-corrected chi connectivity index (χ1v) is 7.07. The molecule has 0 aliphatic rings. The molecular formula is C11H13ClO5S. The zero-order valence-corrected chi connectivity index (χ0v) is 11.5. The van der Waals surface area contributed by atoms with Gasteiger partial charge in [0.25, 0.3) is 0 Å². The number of methoxy groups -OCH3 is 2. The minimum Gasteiger partial charge on any atom is -0.497 e. The molecule has 7 heteroatoms. The standard InChI is InChI=1S/C11H13ClO5S/c1-16-8-3-4-10(9(7-8)17-2)18(14,15)6-5-11(12)13/h3-4,7H,5-6H2,1-2H3. The molecule has 0 spiro atoms. The van der Waals surface area contributed by atoms with Crippen LogP contribution in [0, 0.1) is 0 Å². The van der Waals surface area contributed by atoms with Crippen molar-refractivity contribution in [2.24, 2.45) is 0 Å². The second-order valence-corrected chi connectivity index (χ2v) is 5.94. The van der Waals surface area contributed by atoms with Crippen LogP contribution >= 0.6 is 11.6 Å². The summed E-state index contributed by atoms with van der Waals surface area (Å²) in [5, 5.41) is -0.689. The van der Waals surface area contributed by atoms with E-state index in [1.54, 1.807) is 0 Å². The normalized spacial score (nSPS) is 11.1. The monoisotopic (exact) mass is 292 g/mol. The molecule has 1 rings (SSSR count). The molecule has 0 aromatic heterocycles. The van der Waals surface area contributed by atoms with Gasteiger partial charge in [0.15, 0.2) is 9.84 Å². The number of carbonyl (C=O) groups is 1. The average Bonchev–Trinajstić information content (AvgIpc) is 2.35. The number of benzene rings is 1. The Labute approximate surface area is 111 Å². The molecule has 0 bridgehead atoms. The molecule has 0 aliphatic carbocycles. The largest absolute Gasteiger partial charge is 0.497 e. The van der Waals surface area contributed by atoms with Crippen molar-refractivity contribution in [3.8, 4) is 11.5 Å². The third-order valence-electron chi connectivity index (χ3n) is 2.27. The zero-order chi connectivity index (χ0) is 13.8. The van der Waals surface area contributed by atoms with E-state index < -0.39 is 15.1 Å². The highest BCUT2D eigenvalue weighted by molar-refractivity contribution is 7.91. The van der Waals surface area contributed by atoms with E-state index in [2.05, 4.69) is 0 Å². The first kappa shape index (κ1) is 14.8. The molecule has 0 N–H and O–H groups in total. The van der Waals surface area contributed by atoms with Gasteiger partial charge in [-0.3, -0.25) is 4.79 Å². The van der Waals surface area contributed by atoms with E-state index in [1.807, 2.05) is 0 Å². The van der Waals surface area contributed by atoms with Crippen molar-refractivity contribution in [1.29, 1.82) is 0 Å². The third-order valence-corrected chi connectivity index (χ3v) is 4.21. The van der Waals surface area contributed by atoms with Crippen LogP contribution in [0.25, 0.3) is 0 Å². The van der Waals surface area contributed by atoms with Crippen LogP contribution in [-0.2, 0) is 14.6 Å². The summed E-state index contributed by atoms with van der Waals surface area (Å²) in [5.74, 6) is 0.313. The van der Waals surface area contributed by atoms with Crippen molar-refractivity contribution in [3.63, 3.8) is 0 Å². The Morgan fingerprint density at radius 1 is 1.28 bits per heavy atom. The van der Waals surface area contributed by atoms with Gasteiger partial charge in [0.1, 0.15) is 16.4 Å². The molecular weight excluding hydrogens is 280 g/mol. The van der Waals surface area contributed by atoms with Gasteiger partial charge in [0, 0.05) is 12.5 Å². The second kappa shape index (κ2) is 6.06. The Hall–Kier alpha value is -1.27. The molecule has 0 fully saturated rings. The Balaban J connectivity index is 3.11. The Morgan fingerprint density at radius 2 is 1.94 bits per heavy atom. The molecule has 0 heterocycles. The minimum atomic E-state index is -3.61. The lowest BCUT2D eigenvalue weighted by Crippen LogP contribution is -2.10.